The summed E-state index contributed by atoms with van der Waals surface area (Å²) in [6.45, 7) is 13.4. The Balaban J connectivity index is 1.12. The fourth-order valence-electron chi connectivity index (χ4n) is 12.3. The third-order valence-corrected chi connectivity index (χ3v) is 14.4. The van der Waals surface area contributed by atoms with Gasteiger partial charge < -0.3 is 14.0 Å². The maximum atomic E-state index is 2.63. The predicted molar refractivity (Wildman–Crippen MR) is 274 cm³/mol. The summed E-state index contributed by atoms with van der Waals surface area (Å²) >= 11 is 0. The Kier molecular flexibility index (Phi) is 7.80. The van der Waals surface area contributed by atoms with E-state index in [2.05, 4.69) is 225 Å². The number of aromatic nitrogens is 2. The summed E-state index contributed by atoms with van der Waals surface area (Å²) in [6, 6.07) is 64.4. The number of nitrogens with zero attached hydrogens (tertiary/aromatic N) is 3. The van der Waals surface area contributed by atoms with Crippen molar-refractivity contribution in [1.82, 2.24) is 9.13 Å². The Morgan fingerprint density at radius 2 is 0.984 bits per heavy atom. The molecule has 0 fully saturated rings. The zero-order valence-corrected chi connectivity index (χ0v) is 37.1. The van der Waals surface area contributed by atoms with Gasteiger partial charge in [-0.3, -0.25) is 0 Å². The van der Waals surface area contributed by atoms with Crippen LogP contribution in [0.3, 0.4) is 0 Å². The minimum absolute atomic E-state index is 0.0299. The molecule has 0 saturated carbocycles. The van der Waals surface area contributed by atoms with Crippen LogP contribution in [0, 0.1) is 41.5 Å². The number of aryl methyl sites for hydroxylation is 6. The topological polar surface area (TPSA) is 13.1 Å². The first-order chi connectivity index (χ1) is 31.2. The van der Waals surface area contributed by atoms with Crippen LogP contribution in [-0.2, 0) is 0 Å². The summed E-state index contributed by atoms with van der Waals surface area (Å²) in [5.41, 5.74) is 28.1. The number of rotatable bonds is 4. The highest BCUT2D eigenvalue weighted by molar-refractivity contribution is 7.00. The van der Waals surface area contributed by atoms with Crippen LogP contribution >= 0.6 is 0 Å². The van der Waals surface area contributed by atoms with E-state index in [1.54, 1.807) is 0 Å². The van der Waals surface area contributed by atoms with Crippen LogP contribution in [0.25, 0.3) is 77.2 Å². The Bertz CT molecular complexity index is 3750. The highest BCUT2D eigenvalue weighted by Gasteiger charge is 2.42. The van der Waals surface area contributed by atoms with E-state index >= 15 is 0 Å². The molecule has 0 N–H and O–H groups in total. The van der Waals surface area contributed by atoms with Crippen LogP contribution in [0.2, 0.25) is 0 Å². The molecule has 2 aliphatic heterocycles. The van der Waals surface area contributed by atoms with Crippen LogP contribution in [0.4, 0.5) is 17.1 Å². The normalized spacial score (nSPS) is 12.8. The minimum atomic E-state index is 0.0299. The van der Waals surface area contributed by atoms with Gasteiger partial charge in [-0.05, 0) is 157 Å². The third kappa shape index (κ3) is 5.05. The van der Waals surface area contributed by atoms with Crippen molar-refractivity contribution in [2.24, 2.45) is 0 Å². The molecule has 9 aromatic carbocycles. The van der Waals surface area contributed by atoms with Crippen molar-refractivity contribution in [3.05, 3.63) is 203 Å². The molecule has 0 bridgehead atoms. The first kappa shape index (κ1) is 37.0. The molecule has 0 aliphatic carbocycles. The molecule has 11 aromatic rings. The van der Waals surface area contributed by atoms with Crippen molar-refractivity contribution in [1.29, 1.82) is 0 Å². The highest BCUT2D eigenvalue weighted by Crippen LogP contribution is 2.46. The molecule has 4 heterocycles. The first-order valence-electron chi connectivity index (χ1n) is 22.6. The van der Waals surface area contributed by atoms with E-state index in [-0.39, 0.29) is 6.71 Å². The summed E-state index contributed by atoms with van der Waals surface area (Å²) in [6.07, 6.45) is 0. The van der Waals surface area contributed by atoms with E-state index in [4.69, 9.17) is 0 Å². The fourth-order valence-corrected chi connectivity index (χ4v) is 12.3. The van der Waals surface area contributed by atoms with Crippen LogP contribution in [-0.4, -0.2) is 15.8 Å². The molecule has 0 radical (unpaired) electrons. The molecule has 4 heteroatoms. The van der Waals surface area contributed by atoms with E-state index in [1.165, 1.54) is 138 Å². The molecule has 64 heavy (non-hydrogen) atoms. The summed E-state index contributed by atoms with van der Waals surface area (Å²) < 4.78 is 5.08. The van der Waals surface area contributed by atoms with Crippen molar-refractivity contribution in [3.8, 4) is 33.6 Å². The van der Waals surface area contributed by atoms with Gasteiger partial charge in [0.25, 0.3) is 6.71 Å². The fraction of sp³-hybridized carbons (Fsp3) is 0.100. The minimum Gasteiger partial charge on any atom is -0.311 e. The number of hydrogen-bond donors (Lipinski definition) is 0. The molecule has 304 valence electrons. The number of para-hydroxylation sites is 3. The van der Waals surface area contributed by atoms with Gasteiger partial charge in [0.15, 0.2) is 0 Å². The monoisotopic (exact) mass is 819 g/mol. The van der Waals surface area contributed by atoms with Crippen LogP contribution in [0.5, 0.6) is 0 Å². The molecular formula is C60H46BN3. The Morgan fingerprint density at radius 3 is 1.72 bits per heavy atom. The molecule has 0 amide bonds. The average molecular weight is 820 g/mol. The van der Waals surface area contributed by atoms with Crippen LogP contribution in [0.15, 0.2) is 170 Å². The third-order valence-electron chi connectivity index (χ3n) is 14.4. The molecule has 0 spiro atoms. The van der Waals surface area contributed by atoms with E-state index in [0.717, 1.165) is 5.69 Å². The second kappa shape index (κ2) is 13.5. The largest absolute Gasteiger partial charge is 0.311 e. The standard InChI is InChI=1S/C60H46BN3/c1-35-30-37(3)55(38(4)31-35)41-22-25-44(26-23-41)63-51-28-24-42(56-39(5)32-36(2)33-40(56)6)34-49(51)61-48-18-12-17-45-46-27-29-52-57(60(46)64(59(45)48)54-21-13-20-53(63)58(54)61)47-16-10-11-19-50(47)62(52)43-14-8-7-9-15-43/h7-34H,1-6H3. The molecule has 2 aromatic heterocycles. The molecule has 13 rings (SSSR count). The number of benzene rings is 9. The average Bonchev–Trinajstić information content (AvgIpc) is 3.81. The number of fused-ring (bicyclic) bond motifs is 11. The second-order valence-corrected chi connectivity index (χ2v) is 18.5. The Labute approximate surface area is 374 Å². The van der Waals surface area contributed by atoms with Gasteiger partial charge in [-0.1, -0.05) is 126 Å². The van der Waals surface area contributed by atoms with E-state index in [9.17, 15) is 0 Å². The lowest BCUT2D eigenvalue weighted by Gasteiger charge is -2.40. The van der Waals surface area contributed by atoms with Crippen molar-refractivity contribution < 1.29 is 0 Å². The summed E-state index contributed by atoms with van der Waals surface area (Å²) in [5.74, 6) is 0. The maximum Gasteiger partial charge on any atom is 0.252 e. The van der Waals surface area contributed by atoms with Gasteiger partial charge in [-0.2, -0.15) is 0 Å². The summed E-state index contributed by atoms with van der Waals surface area (Å²) in [5, 5.41) is 5.13. The van der Waals surface area contributed by atoms with Gasteiger partial charge in [0.05, 0.1) is 16.6 Å². The van der Waals surface area contributed by atoms with Gasteiger partial charge in [0.2, 0.25) is 0 Å². The zero-order valence-electron chi connectivity index (χ0n) is 37.1. The molecule has 3 nitrogen and oxygen atoms in total. The van der Waals surface area contributed by atoms with Crippen LogP contribution in [0.1, 0.15) is 33.4 Å². The molecule has 2 aliphatic rings. The molecule has 0 unspecified atom stereocenters. The maximum absolute atomic E-state index is 2.63. The Morgan fingerprint density at radius 1 is 0.375 bits per heavy atom. The second-order valence-electron chi connectivity index (χ2n) is 18.5. The Hall–Kier alpha value is -7.56. The molecular weight excluding hydrogens is 773 g/mol. The van der Waals surface area contributed by atoms with Crippen molar-refractivity contribution >= 4 is 83.8 Å². The van der Waals surface area contributed by atoms with Gasteiger partial charge in [0, 0.05) is 55.5 Å². The summed E-state index contributed by atoms with van der Waals surface area (Å²) in [4.78, 5) is 2.54. The lowest BCUT2D eigenvalue weighted by molar-refractivity contribution is 1.17. The van der Waals surface area contributed by atoms with E-state index in [1.807, 2.05) is 0 Å². The van der Waals surface area contributed by atoms with Crippen molar-refractivity contribution in [2.45, 2.75) is 41.5 Å². The quantitative estimate of drug-likeness (QED) is 0.161. The van der Waals surface area contributed by atoms with Crippen LogP contribution < -0.4 is 21.3 Å². The number of anilines is 3. The van der Waals surface area contributed by atoms with Crippen molar-refractivity contribution in [3.63, 3.8) is 0 Å². The van der Waals surface area contributed by atoms with Crippen molar-refractivity contribution in [2.75, 3.05) is 4.90 Å². The summed E-state index contributed by atoms with van der Waals surface area (Å²) in [7, 11) is 0. The molecule has 0 saturated heterocycles. The van der Waals surface area contributed by atoms with Gasteiger partial charge in [-0.15, -0.1) is 0 Å². The SMILES string of the molecule is Cc1cc(C)c(-c2ccc(N3c4ccc(-c5c(C)cc(C)cc5C)cc4B4c5c3cccc5-n3c5c4cccc5c4ccc5c(c6ccccc6n5-c5ccccc5)c43)cc2)c(C)c1. The lowest BCUT2D eigenvalue weighted by Crippen LogP contribution is -2.60. The van der Waals surface area contributed by atoms with Gasteiger partial charge in [0.1, 0.15) is 0 Å². The zero-order chi connectivity index (χ0) is 43.1. The predicted octanol–water partition coefficient (Wildman–Crippen LogP) is 13.7. The van der Waals surface area contributed by atoms with E-state index in [0.29, 0.717) is 0 Å². The van der Waals surface area contributed by atoms with Gasteiger partial charge in [-0.25, -0.2) is 0 Å². The van der Waals surface area contributed by atoms with Gasteiger partial charge >= 0.3 is 0 Å². The smallest absolute Gasteiger partial charge is 0.252 e. The highest BCUT2D eigenvalue weighted by atomic mass is 15.2. The first-order valence-corrected chi connectivity index (χ1v) is 22.6. The molecule has 0 atom stereocenters. The van der Waals surface area contributed by atoms with E-state index < -0.39 is 0 Å². The number of hydrogen-bond acceptors (Lipinski definition) is 1. The lowest BCUT2D eigenvalue weighted by atomic mass is 9.33.